The highest BCUT2D eigenvalue weighted by atomic mass is 32.2. The number of sulfonamides is 1. The summed E-state index contributed by atoms with van der Waals surface area (Å²) in [6.45, 7) is 0.673. The molecule has 2 heterocycles. The average molecular weight is 398 g/mol. The van der Waals surface area contributed by atoms with E-state index < -0.39 is 22.2 Å². The van der Waals surface area contributed by atoms with Crippen LogP contribution in [0.3, 0.4) is 0 Å². The summed E-state index contributed by atoms with van der Waals surface area (Å²) in [6, 6.07) is 12.5. The molecule has 1 aliphatic carbocycles. The van der Waals surface area contributed by atoms with E-state index in [1.165, 1.54) is 18.5 Å². The molecule has 4 rings (SSSR count). The Bertz CT molecular complexity index is 1020. The van der Waals surface area contributed by atoms with E-state index in [1.54, 1.807) is 12.3 Å². The summed E-state index contributed by atoms with van der Waals surface area (Å²) in [5, 5.41) is 10.4. The molecule has 0 spiro atoms. The molecule has 146 valence electrons. The van der Waals surface area contributed by atoms with Gasteiger partial charge in [0.25, 0.3) is 0 Å². The zero-order valence-corrected chi connectivity index (χ0v) is 16.0. The second-order valence-corrected chi connectivity index (χ2v) is 8.80. The molecule has 1 fully saturated rings. The molecule has 0 saturated heterocycles. The van der Waals surface area contributed by atoms with Crippen LogP contribution in [0.15, 0.2) is 72.1 Å². The first-order valence-electron chi connectivity index (χ1n) is 9.20. The van der Waals surface area contributed by atoms with Gasteiger partial charge in [-0.2, -0.15) is 0 Å². The number of imidazole rings is 1. The van der Waals surface area contributed by atoms with Crippen LogP contribution < -0.4 is 4.72 Å². The Hall–Kier alpha value is -2.55. The zero-order valence-electron chi connectivity index (χ0n) is 15.2. The van der Waals surface area contributed by atoms with Gasteiger partial charge in [0, 0.05) is 42.9 Å². The number of hydrogen-bond donors (Lipinski definition) is 2. The van der Waals surface area contributed by atoms with Gasteiger partial charge in [0.05, 0.1) is 6.10 Å². The van der Waals surface area contributed by atoms with E-state index in [0.29, 0.717) is 19.4 Å². The standard InChI is InChI=1S/C20H22N4O3S/c25-19-12-15(11-18(19)23-28(26,27)17-7-4-8-21-13-17)14-24-10-9-22-20(24)16-5-2-1-3-6-16/h1-10,13,15,18-19,23,25H,11-12,14H2/t15?,18-,19-/m1/s1. The maximum atomic E-state index is 12.5. The topological polar surface area (TPSA) is 97.1 Å². The highest BCUT2D eigenvalue weighted by molar-refractivity contribution is 7.89. The molecule has 0 radical (unpaired) electrons. The fraction of sp³-hybridized carbons (Fsp3) is 0.300. The smallest absolute Gasteiger partial charge is 0.242 e. The first-order chi connectivity index (χ1) is 13.5. The summed E-state index contributed by atoms with van der Waals surface area (Å²) in [6.07, 6.45) is 6.88. The number of nitrogens with one attached hydrogen (secondary N) is 1. The van der Waals surface area contributed by atoms with Crippen molar-refractivity contribution in [3.8, 4) is 11.4 Å². The molecule has 0 bridgehead atoms. The lowest BCUT2D eigenvalue weighted by atomic mass is 10.1. The average Bonchev–Trinajstić information content (AvgIpc) is 3.30. The molecule has 7 nitrogen and oxygen atoms in total. The van der Waals surface area contributed by atoms with Crippen LogP contribution in [0.2, 0.25) is 0 Å². The lowest BCUT2D eigenvalue weighted by molar-refractivity contribution is 0.155. The molecule has 2 aromatic heterocycles. The van der Waals surface area contributed by atoms with Crippen molar-refractivity contribution in [3.05, 3.63) is 67.3 Å². The fourth-order valence-corrected chi connectivity index (χ4v) is 4.99. The van der Waals surface area contributed by atoms with Crippen molar-refractivity contribution in [1.29, 1.82) is 0 Å². The summed E-state index contributed by atoms with van der Waals surface area (Å²) >= 11 is 0. The molecule has 8 heteroatoms. The van der Waals surface area contributed by atoms with Gasteiger partial charge in [0.15, 0.2) is 0 Å². The third kappa shape index (κ3) is 3.99. The molecule has 1 aromatic carbocycles. The minimum Gasteiger partial charge on any atom is -0.391 e. The van der Waals surface area contributed by atoms with Gasteiger partial charge in [0.1, 0.15) is 10.7 Å². The van der Waals surface area contributed by atoms with Crippen molar-refractivity contribution < 1.29 is 13.5 Å². The van der Waals surface area contributed by atoms with E-state index in [4.69, 9.17) is 0 Å². The predicted molar refractivity (Wildman–Crippen MR) is 105 cm³/mol. The summed E-state index contributed by atoms with van der Waals surface area (Å²) < 4.78 is 29.7. The normalized spacial score (nSPS) is 22.4. The number of nitrogens with zero attached hydrogens (tertiary/aromatic N) is 3. The Balaban J connectivity index is 1.45. The van der Waals surface area contributed by atoms with E-state index in [9.17, 15) is 13.5 Å². The van der Waals surface area contributed by atoms with Crippen molar-refractivity contribution in [3.63, 3.8) is 0 Å². The van der Waals surface area contributed by atoms with E-state index >= 15 is 0 Å². The SMILES string of the molecule is O=S(=O)(N[C@@H]1CC(Cn2ccnc2-c2ccccc2)C[C@H]1O)c1cccnc1. The van der Waals surface area contributed by atoms with E-state index in [0.717, 1.165) is 11.4 Å². The Kier molecular flexibility index (Phi) is 5.25. The van der Waals surface area contributed by atoms with Crippen LogP contribution in [0, 0.1) is 5.92 Å². The van der Waals surface area contributed by atoms with Gasteiger partial charge in [-0.1, -0.05) is 30.3 Å². The van der Waals surface area contributed by atoms with E-state index in [1.807, 2.05) is 36.5 Å². The molecule has 1 aliphatic rings. The summed E-state index contributed by atoms with van der Waals surface area (Å²) in [7, 11) is -3.70. The minimum absolute atomic E-state index is 0.103. The number of rotatable bonds is 6. The highest BCUT2D eigenvalue weighted by Crippen LogP contribution is 2.30. The van der Waals surface area contributed by atoms with E-state index in [2.05, 4.69) is 19.3 Å². The number of aliphatic hydroxyl groups is 1. The maximum absolute atomic E-state index is 12.5. The fourth-order valence-electron chi connectivity index (χ4n) is 3.75. The second kappa shape index (κ2) is 7.83. The van der Waals surface area contributed by atoms with Gasteiger partial charge in [-0.05, 0) is 30.9 Å². The van der Waals surface area contributed by atoms with Gasteiger partial charge >= 0.3 is 0 Å². The van der Waals surface area contributed by atoms with Crippen molar-refractivity contribution >= 4 is 10.0 Å². The molecular formula is C20H22N4O3S. The van der Waals surface area contributed by atoms with Crippen molar-refractivity contribution in [2.24, 2.45) is 5.92 Å². The zero-order chi connectivity index (χ0) is 19.6. The molecular weight excluding hydrogens is 376 g/mol. The Labute approximate surface area is 164 Å². The monoisotopic (exact) mass is 398 g/mol. The lowest BCUT2D eigenvalue weighted by Gasteiger charge is -2.16. The van der Waals surface area contributed by atoms with E-state index in [-0.39, 0.29) is 10.8 Å². The van der Waals surface area contributed by atoms with Crippen LogP contribution in [0.1, 0.15) is 12.8 Å². The quantitative estimate of drug-likeness (QED) is 0.662. The minimum atomic E-state index is -3.70. The summed E-state index contributed by atoms with van der Waals surface area (Å²) in [5.74, 6) is 1.02. The summed E-state index contributed by atoms with van der Waals surface area (Å²) in [5.41, 5.74) is 1.03. The largest absolute Gasteiger partial charge is 0.391 e. The van der Waals surface area contributed by atoms with Crippen molar-refractivity contribution in [2.75, 3.05) is 0 Å². The number of hydrogen-bond acceptors (Lipinski definition) is 5. The van der Waals surface area contributed by atoms with Crippen LogP contribution in [0.25, 0.3) is 11.4 Å². The molecule has 0 amide bonds. The molecule has 2 N–H and O–H groups in total. The lowest BCUT2D eigenvalue weighted by Crippen LogP contribution is -2.39. The second-order valence-electron chi connectivity index (χ2n) is 7.09. The predicted octanol–water partition coefficient (Wildman–Crippen LogP) is 2.06. The first-order valence-corrected chi connectivity index (χ1v) is 10.7. The summed E-state index contributed by atoms with van der Waals surface area (Å²) in [4.78, 5) is 8.41. The highest BCUT2D eigenvalue weighted by Gasteiger charge is 2.36. The Morgan fingerprint density at radius 2 is 1.93 bits per heavy atom. The van der Waals surface area contributed by atoms with Gasteiger partial charge < -0.3 is 9.67 Å². The van der Waals surface area contributed by atoms with Crippen molar-refractivity contribution in [1.82, 2.24) is 19.3 Å². The van der Waals surface area contributed by atoms with Gasteiger partial charge in [-0.15, -0.1) is 0 Å². The van der Waals surface area contributed by atoms with Crippen molar-refractivity contribution in [2.45, 2.75) is 36.4 Å². The Morgan fingerprint density at radius 1 is 1.11 bits per heavy atom. The van der Waals surface area contributed by atoms with Crippen LogP contribution in [0.4, 0.5) is 0 Å². The third-order valence-corrected chi connectivity index (χ3v) is 6.56. The van der Waals surface area contributed by atoms with Crippen LogP contribution in [-0.4, -0.2) is 40.2 Å². The molecule has 1 unspecified atom stereocenters. The van der Waals surface area contributed by atoms with Crippen LogP contribution >= 0.6 is 0 Å². The number of aromatic nitrogens is 3. The molecule has 0 aliphatic heterocycles. The molecule has 3 atom stereocenters. The number of benzene rings is 1. The maximum Gasteiger partial charge on any atom is 0.242 e. The van der Waals surface area contributed by atoms with Crippen LogP contribution in [-0.2, 0) is 16.6 Å². The molecule has 1 saturated carbocycles. The molecule has 28 heavy (non-hydrogen) atoms. The first kappa shape index (κ1) is 18.8. The molecule has 3 aromatic rings. The van der Waals surface area contributed by atoms with Gasteiger partial charge in [0.2, 0.25) is 10.0 Å². The number of pyridine rings is 1. The Morgan fingerprint density at radius 3 is 2.68 bits per heavy atom. The van der Waals surface area contributed by atoms with Gasteiger partial charge in [-0.25, -0.2) is 18.1 Å². The van der Waals surface area contributed by atoms with Gasteiger partial charge in [-0.3, -0.25) is 4.98 Å². The number of aliphatic hydroxyl groups excluding tert-OH is 1. The van der Waals surface area contributed by atoms with Crippen LogP contribution in [0.5, 0.6) is 0 Å². The third-order valence-electron chi connectivity index (χ3n) is 5.08.